The number of fused-ring (bicyclic) bond motifs is 1. The molecule has 0 unspecified atom stereocenters. The molecule has 1 aliphatic heterocycles. The van der Waals surface area contributed by atoms with Crippen LogP contribution in [-0.4, -0.2) is 16.5 Å². The van der Waals surface area contributed by atoms with Gasteiger partial charge in [0.2, 0.25) is 0 Å². The summed E-state index contributed by atoms with van der Waals surface area (Å²) in [4.78, 5) is 9.49. The lowest BCUT2D eigenvalue weighted by Crippen LogP contribution is -2.27. The Hall–Kier alpha value is -0.960. The third kappa shape index (κ3) is 3.03. The Morgan fingerprint density at radius 3 is 2.65 bits per heavy atom. The highest BCUT2D eigenvalue weighted by Gasteiger charge is 2.19. The first-order chi connectivity index (χ1) is 7.99. The van der Waals surface area contributed by atoms with E-state index in [0.717, 1.165) is 38.2 Å². The van der Waals surface area contributed by atoms with Crippen LogP contribution < -0.4 is 5.32 Å². The molecule has 0 aliphatic carbocycles. The zero-order valence-electron chi connectivity index (χ0n) is 11.4. The summed E-state index contributed by atoms with van der Waals surface area (Å²) < 4.78 is 0. The summed E-state index contributed by atoms with van der Waals surface area (Å²) in [6.45, 7) is 10.9. The Morgan fingerprint density at radius 2 is 2.00 bits per heavy atom. The van der Waals surface area contributed by atoms with Gasteiger partial charge >= 0.3 is 0 Å². The first-order valence-electron chi connectivity index (χ1n) is 6.58. The third-order valence-corrected chi connectivity index (χ3v) is 3.09. The highest BCUT2D eigenvalue weighted by Crippen LogP contribution is 2.22. The van der Waals surface area contributed by atoms with Crippen molar-refractivity contribution in [2.24, 2.45) is 5.41 Å². The van der Waals surface area contributed by atoms with E-state index in [-0.39, 0.29) is 5.41 Å². The largest absolute Gasteiger partial charge is 0.312 e. The molecule has 17 heavy (non-hydrogen) atoms. The minimum absolute atomic E-state index is 0.256. The van der Waals surface area contributed by atoms with Crippen molar-refractivity contribution in [1.82, 2.24) is 15.3 Å². The number of nitrogens with one attached hydrogen (secondary N) is 1. The van der Waals surface area contributed by atoms with Crippen LogP contribution in [0.2, 0.25) is 0 Å². The van der Waals surface area contributed by atoms with Crippen molar-refractivity contribution < 1.29 is 0 Å². The van der Waals surface area contributed by atoms with E-state index in [1.807, 2.05) is 0 Å². The van der Waals surface area contributed by atoms with Gasteiger partial charge in [-0.25, -0.2) is 9.97 Å². The van der Waals surface area contributed by atoms with Gasteiger partial charge in [0.25, 0.3) is 0 Å². The molecule has 3 nitrogen and oxygen atoms in total. The molecule has 0 bridgehead atoms. The van der Waals surface area contributed by atoms with Gasteiger partial charge in [-0.05, 0) is 11.8 Å². The predicted molar refractivity (Wildman–Crippen MR) is 70.0 cm³/mol. The second kappa shape index (κ2) is 4.73. The fourth-order valence-corrected chi connectivity index (χ4v) is 2.31. The molecule has 0 saturated heterocycles. The normalized spacial score (nSPS) is 15.8. The molecular formula is C14H23N3. The lowest BCUT2D eigenvalue weighted by atomic mass is 9.91. The SMILES string of the molecule is CCc1nc(CC(C)(C)C)nc2c1CNCC2. The Morgan fingerprint density at radius 1 is 1.24 bits per heavy atom. The molecule has 1 N–H and O–H groups in total. The molecule has 0 fully saturated rings. The van der Waals surface area contributed by atoms with Gasteiger partial charge in [0.1, 0.15) is 5.82 Å². The van der Waals surface area contributed by atoms with Gasteiger partial charge in [-0.1, -0.05) is 27.7 Å². The van der Waals surface area contributed by atoms with Gasteiger partial charge in [-0.3, -0.25) is 0 Å². The first kappa shape index (κ1) is 12.5. The van der Waals surface area contributed by atoms with Crippen LogP contribution in [0.3, 0.4) is 0 Å². The van der Waals surface area contributed by atoms with Crippen molar-refractivity contribution in [3.8, 4) is 0 Å². The van der Waals surface area contributed by atoms with E-state index >= 15 is 0 Å². The topological polar surface area (TPSA) is 37.8 Å². The van der Waals surface area contributed by atoms with Crippen molar-refractivity contribution in [3.05, 3.63) is 22.8 Å². The number of hydrogen-bond donors (Lipinski definition) is 1. The molecule has 0 atom stereocenters. The highest BCUT2D eigenvalue weighted by molar-refractivity contribution is 5.28. The van der Waals surface area contributed by atoms with Gasteiger partial charge < -0.3 is 5.32 Å². The van der Waals surface area contributed by atoms with Gasteiger partial charge in [0.15, 0.2) is 0 Å². The average Bonchev–Trinajstić information content (AvgIpc) is 2.25. The van der Waals surface area contributed by atoms with Crippen LogP contribution in [0, 0.1) is 5.41 Å². The van der Waals surface area contributed by atoms with Crippen molar-refractivity contribution >= 4 is 0 Å². The standard InChI is InChI=1S/C14H23N3/c1-5-11-10-9-15-7-6-12(10)17-13(16-11)8-14(2,3)4/h15H,5-9H2,1-4H3. The predicted octanol–water partition coefficient (Wildman–Crippen LogP) is 2.27. The van der Waals surface area contributed by atoms with Crippen molar-refractivity contribution in [3.63, 3.8) is 0 Å². The lowest BCUT2D eigenvalue weighted by molar-refractivity contribution is 0.398. The Kier molecular flexibility index (Phi) is 3.48. The zero-order valence-corrected chi connectivity index (χ0v) is 11.4. The van der Waals surface area contributed by atoms with E-state index in [1.54, 1.807) is 0 Å². The number of nitrogens with zero attached hydrogens (tertiary/aromatic N) is 2. The van der Waals surface area contributed by atoms with Gasteiger partial charge in [-0.2, -0.15) is 0 Å². The molecule has 0 amide bonds. The molecule has 0 saturated carbocycles. The molecule has 0 aromatic carbocycles. The van der Waals surface area contributed by atoms with Crippen LogP contribution >= 0.6 is 0 Å². The summed E-state index contributed by atoms with van der Waals surface area (Å²) in [5.41, 5.74) is 4.11. The maximum atomic E-state index is 4.76. The van der Waals surface area contributed by atoms with Crippen molar-refractivity contribution in [2.75, 3.05) is 6.54 Å². The van der Waals surface area contributed by atoms with E-state index in [1.165, 1.54) is 17.0 Å². The maximum absolute atomic E-state index is 4.76. The Labute approximate surface area is 104 Å². The monoisotopic (exact) mass is 233 g/mol. The first-order valence-corrected chi connectivity index (χ1v) is 6.58. The highest BCUT2D eigenvalue weighted by atomic mass is 14.9. The molecular weight excluding hydrogens is 210 g/mol. The van der Waals surface area contributed by atoms with Crippen LogP contribution in [0.5, 0.6) is 0 Å². The molecule has 2 heterocycles. The Bertz CT molecular complexity index is 387. The summed E-state index contributed by atoms with van der Waals surface area (Å²) in [5, 5.41) is 3.40. The molecule has 94 valence electrons. The molecule has 0 spiro atoms. The fraction of sp³-hybridized carbons (Fsp3) is 0.714. The Balaban J connectivity index is 2.36. The second-order valence-electron chi connectivity index (χ2n) is 6.03. The average molecular weight is 233 g/mol. The quantitative estimate of drug-likeness (QED) is 0.851. The van der Waals surface area contributed by atoms with Crippen molar-refractivity contribution in [1.29, 1.82) is 0 Å². The molecule has 3 heteroatoms. The molecule has 0 radical (unpaired) electrons. The lowest BCUT2D eigenvalue weighted by Gasteiger charge is -2.22. The molecule has 1 aliphatic rings. The summed E-state index contributed by atoms with van der Waals surface area (Å²) >= 11 is 0. The summed E-state index contributed by atoms with van der Waals surface area (Å²) in [5.74, 6) is 1.02. The molecule has 2 rings (SSSR count). The number of aromatic nitrogens is 2. The molecule has 1 aromatic heterocycles. The summed E-state index contributed by atoms with van der Waals surface area (Å²) in [6.07, 6.45) is 3.01. The fourth-order valence-electron chi connectivity index (χ4n) is 2.31. The van der Waals surface area contributed by atoms with E-state index in [4.69, 9.17) is 9.97 Å². The smallest absolute Gasteiger partial charge is 0.129 e. The number of aryl methyl sites for hydroxylation is 1. The van der Waals surface area contributed by atoms with E-state index < -0.39 is 0 Å². The van der Waals surface area contributed by atoms with Crippen LogP contribution in [0.1, 0.15) is 50.5 Å². The minimum Gasteiger partial charge on any atom is -0.312 e. The second-order valence-corrected chi connectivity index (χ2v) is 6.03. The van der Waals surface area contributed by atoms with Gasteiger partial charge in [0, 0.05) is 37.2 Å². The van der Waals surface area contributed by atoms with E-state index in [0.29, 0.717) is 0 Å². The third-order valence-electron chi connectivity index (χ3n) is 3.09. The minimum atomic E-state index is 0.256. The van der Waals surface area contributed by atoms with Gasteiger partial charge in [-0.15, -0.1) is 0 Å². The summed E-state index contributed by atoms with van der Waals surface area (Å²) in [7, 11) is 0. The summed E-state index contributed by atoms with van der Waals surface area (Å²) in [6, 6.07) is 0. The number of hydrogen-bond acceptors (Lipinski definition) is 3. The zero-order chi connectivity index (χ0) is 12.5. The molecule has 1 aromatic rings. The maximum Gasteiger partial charge on any atom is 0.129 e. The van der Waals surface area contributed by atoms with Crippen LogP contribution in [0.15, 0.2) is 0 Å². The van der Waals surface area contributed by atoms with E-state index in [2.05, 4.69) is 33.0 Å². The van der Waals surface area contributed by atoms with E-state index in [9.17, 15) is 0 Å². The van der Waals surface area contributed by atoms with Crippen LogP contribution in [0.4, 0.5) is 0 Å². The van der Waals surface area contributed by atoms with Crippen LogP contribution in [-0.2, 0) is 25.8 Å². The van der Waals surface area contributed by atoms with Crippen LogP contribution in [0.25, 0.3) is 0 Å². The van der Waals surface area contributed by atoms with Crippen molar-refractivity contribution in [2.45, 2.75) is 53.5 Å². The van der Waals surface area contributed by atoms with Gasteiger partial charge in [0.05, 0.1) is 5.69 Å². The number of rotatable bonds is 2.